The highest BCUT2D eigenvalue weighted by Crippen LogP contribution is 1.95. The monoisotopic (exact) mass is 239 g/mol. The van der Waals surface area contributed by atoms with E-state index in [0.29, 0.717) is 19.6 Å². The molecule has 0 saturated carbocycles. The van der Waals surface area contributed by atoms with Crippen LogP contribution in [0.4, 0.5) is 0 Å². The number of rotatable bonds is 6. The van der Waals surface area contributed by atoms with Crippen LogP contribution in [-0.4, -0.2) is 37.2 Å². The zero-order chi connectivity index (χ0) is 12.7. The Balaban J connectivity index is 2.70. The second-order valence-electron chi connectivity index (χ2n) is 3.63. The predicted molar refractivity (Wildman–Crippen MR) is 63.9 cm³/mol. The Hall–Kier alpha value is -1.66. The lowest BCUT2D eigenvalue weighted by molar-refractivity contribution is 0.0892. The van der Waals surface area contributed by atoms with Crippen molar-refractivity contribution in [1.82, 2.24) is 10.3 Å². The van der Waals surface area contributed by atoms with Crippen LogP contribution in [0.15, 0.2) is 23.3 Å². The zero-order valence-electron chi connectivity index (χ0n) is 9.73. The lowest BCUT2D eigenvalue weighted by Gasteiger charge is -2.16. The third-order valence-electron chi connectivity index (χ3n) is 2.29. The smallest absolute Gasteiger partial charge is 0.257 e. The van der Waals surface area contributed by atoms with Crippen molar-refractivity contribution in [3.63, 3.8) is 0 Å². The summed E-state index contributed by atoms with van der Waals surface area (Å²) >= 11 is 0. The summed E-state index contributed by atoms with van der Waals surface area (Å²) in [6.45, 7) is 0.813. The van der Waals surface area contributed by atoms with Gasteiger partial charge in [0.1, 0.15) is 5.56 Å². The minimum absolute atomic E-state index is 0.0885. The summed E-state index contributed by atoms with van der Waals surface area (Å²) in [7, 11) is 1.55. The fraction of sp³-hybridized carbons (Fsp3) is 0.455. The number of amides is 1. The molecule has 0 radical (unpaired) electrons. The first-order chi connectivity index (χ1) is 8.19. The summed E-state index contributed by atoms with van der Waals surface area (Å²) in [6.07, 6.45) is 3.46. The number of H-pyrrole nitrogens is 1. The van der Waals surface area contributed by atoms with Gasteiger partial charge in [-0.2, -0.15) is 0 Å². The molecule has 0 saturated heterocycles. The predicted octanol–water partition coefficient (Wildman–Crippen LogP) is -0.531. The van der Waals surface area contributed by atoms with Crippen molar-refractivity contribution in [2.75, 3.05) is 20.3 Å². The Labute approximate surface area is 99.2 Å². The summed E-state index contributed by atoms with van der Waals surface area (Å²) in [5.41, 5.74) is 5.20. The molecule has 1 amide bonds. The number of methoxy groups -OCH3 is 1. The molecule has 1 heterocycles. The molecule has 1 rings (SSSR count). The second kappa shape index (κ2) is 6.82. The molecule has 94 valence electrons. The molecule has 1 aromatic heterocycles. The molecule has 0 aliphatic heterocycles. The molecule has 0 aliphatic rings. The van der Waals surface area contributed by atoms with Crippen molar-refractivity contribution in [3.05, 3.63) is 34.2 Å². The maximum atomic E-state index is 11.8. The van der Waals surface area contributed by atoms with Gasteiger partial charge < -0.3 is 20.8 Å². The third kappa shape index (κ3) is 4.01. The number of hydrogen-bond donors (Lipinski definition) is 3. The largest absolute Gasteiger partial charge is 0.383 e. The molecule has 1 unspecified atom stereocenters. The minimum Gasteiger partial charge on any atom is -0.383 e. The van der Waals surface area contributed by atoms with Crippen molar-refractivity contribution >= 4 is 5.91 Å². The number of hydrogen-bond acceptors (Lipinski definition) is 4. The average Bonchev–Trinajstić information content (AvgIpc) is 2.30. The van der Waals surface area contributed by atoms with Crippen molar-refractivity contribution < 1.29 is 9.53 Å². The molecule has 17 heavy (non-hydrogen) atoms. The van der Waals surface area contributed by atoms with Crippen LogP contribution in [0.1, 0.15) is 16.8 Å². The highest BCUT2D eigenvalue weighted by atomic mass is 16.5. The van der Waals surface area contributed by atoms with Gasteiger partial charge >= 0.3 is 0 Å². The maximum absolute atomic E-state index is 11.8. The molecule has 1 aromatic rings. The Kier molecular flexibility index (Phi) is 5.38. The van der Waals surface area contributed by atoms with E-state index in [2.05, 4.69) is 10.3 Å². The van der Waals surface area contributed by atoms with Gasteiger partial charge in [0.25, 0.3) is 5.91 Å². The first kappa shape index (κ1) is 13.4. The molecule has 0 spiro atoms. The Morgan fingerprint density at radius 2 is 2.41 bits per heavy atom. The van der Waals surface area contributed by atoms with Crippen LogP contribution in [0.2, 0.25) is 0 Å². The van der Waals surface area contributed by atoms with E-state index in [1.54, 1.807) is 7.11 Å². The Morgan fingerprint density at radius 1 is 1.65 bits per heavy atom. The van der Waals surface area contributed by atoms with Crippen LogP contribution < -0.4 is 16.5 Å². The molecule has 6 heteroatoms. The summed E-state index contributed by atoms with van der Waals surface area (Å²) in [5, 5.41) is 2.71. The number of nitrogens with one attached hydrogen (secondary N) is 2. The standard InChI is InChI=1S/C11H17N3O3/c1-17-7-8(2-4-12)14-11(16)9-6-13-5-3-10(9)15/h3,5-6,8H,2,4,7,12H2,1H3,(H,13,15)(H,14,16). The van der Waals surface area contributed by atoms with Crippen LogP contribution in [0.5, 0.6) is 0 Å². The molecule has 0 aliphatic carbocycles. The Bertz CT molecular complexity index is 410. The second-order valence-corrected chi connectivity index (χ2v) is 3.63. The van der Waals surface area contributed by atoms with Gasteiger partial charge in [-0.15, -0.1) is 0 Å². The average molecular weight is 239 g/mol. The third-order valence-corrected chi connectivity index (χ3v) is 2.29. The Morgan fingerprint density at radius 3 is 3.00 bits per heavy atom. The van der Waals surface area contributed by atoms with Crippen LogP contribution in [-0.2, 0) is 4.74 Å². The van der Waals surface area contributed by atoms with Gasteiger partial charge in [-0.3, -0.25) is 9.59 Å². The summed E-state index contributed by atoms with van der Waals surface area (Å²) in [5.74, 6) is -0.414. The molecule has 0 bridgehead atoms. The van der Waals surface area contributed by atoms with Crippen LogP contribution in [0.25, 0.3) is 0 Å². The molecule has 0 fully saturated rings. The quantitative estimate of drug-likeness (QED) is 0.621. The van der Waals surface area contributed by atoms with Gasteiger partial charge in [-0.25, -0.2) is 0 Å². The molecule has 1 atom stereocenters. The van der Waals surface area contributed by atoms with Gasteiger partial charge in [0.05, 0.1) is 12.6 Å². The fourth-order valence-corrected chi connectivity index (χ4v) is 1.46. The van der Waals surface area contributed by atoms with Crippen LogP contribution in [0, 0.1) is 0 Å². The minimum atomic E-state index is -0.414. The van der Waals surface area contributed by atoms with Gasteiger partial charge in [-0.05, 0) is 13.0 Å². The number of ether oxygens (including phenoxy) is 1. The van der Waals surface area contributed by atoms with Crippen LogP contribution >= 0.6 is 0 Å². The normalized spacial score (nSPS) is 12.1. The van der Waals surface area contributed by atoms with E-state index in [4.69, 9.17) is 10.5 Å². The molecule has 0 aromatic carbocycles. The number of nitrogens with two attached hydrogens (primary N) is 1. The van der Waals surface area contributed by atoms with Crippen molar-refractivity contribution in [2.45, 2.75) is 12.5 Å². The van der Waals surface area contributed by atoms with E-state index in [-0.39, 0.29) is 17.0 Å². The van der Waals surface area contributed by atoms with E-state index in [1.807, 2.05) is 0 Å². The lowest BCUT2D eigenvalue weighted by Crippen LogP contribution is -2.41. The van der Waals surface area contributed by atoms with Gasteiger partial charge in [0.15, 0.2) is 5.43 Å². The van der Waals surface area contributed by atoms with Crippen molar-refractivity contribution in [2.24, 2.45) is 5.73 Å². The lowest BCUT2D eigenvalue weighted by atomic mass is 10.2. The summed E-state index contributed by atoms with van der Waals surface area (Å²) in [4.78, 5) is 25.9. The summed E-state index contributed by atoms with van der Waals surface area (Å²) < 4.78 is 4.97. The van der Waals surface area contributed by atoms with E-state index in [0.717, 1.165) is 0 Å². The van der Waals surface area contributed by atoms with Crippen molar-refractivity contribution in [3.8, 4) is 0 Å². The van der Waals surface area contributed by atoms with E-state index >= 15 is 0 Å². The van der Waals surface area contributed by atoms with Crippen LogP contribution in [0.3, 0.4) is 0 Å². The molecular formula is C11H17N3O3. The van der Waals surface area contributed by atoms with Gasteiger partial charge in [-0.1, -0.05) is 0 Å². The van der Waals surface area contributed by atoms with Gasteiger partial charge in [0.2, 0.25) is 0 Å². The highest BCUT2D eigenvalue weighted by Gasteiger charge is 2.14. The maximum Gasteiger partial charge on any atom is 0.257 e. The number of carbonyl (C=O) groups excluding carboxylic acids is 1. The van der Waals surface area contributed by atoms with E-state index in [9.17, 15) is 9.59 Å². The number of pyridine rings is 1. The first-order valence-corrected chi connectivity index (χ1v) is 5.36. The fourth-order valence-electron chi connectivity index (χ4n) is 1.46. The zero-order valence-corrected chi connectivity index (χ0v) is 9.73. The van der Waals surface area contributed by atoms with Crippen molar-refractivity contribution in [1.29, 1.82) is 0 Å². The summed E-state index contributed by atoms with van der Waals surface area (Å²) in [6, 6.07) is 1.13. The first-order valence-electron chi connectivity index (χ1n) is 5.36. The SMILES string of the molecule is COCC(CCN)NC(=O)c1c[nH]ccc1=O. The van der Waals surface area contributed by atoms with E-state index < -0.39 is 5.91 Å². The topological polar surface area (TPSA) is 97.2 Å². The molecule has 6 nitrogen and oxygen atoms in total. The van der Waals surface area contributed by atoms with Gasteiger partial charge in [0, 0.05) is 25.6 Å². The molecule has 4 N–H and O–H groups in total. The van der Waals surface area contributed by atoms with E-state index in [1.165, 1.54) is 18.5 Å². The number of aromatic nitrogens is 1. The number of carbonyl (C=O) groups is 1. The molecular weight excluding hydrogens is 222 g/mol. The number of aromatic amines is 1. The highest BCUT2D eigenvalue weighted by molar-refractivity contribution is 5.93.